The van der Waals surface area contributed by atoms with Gasteiger partial charge in [-0.3, -0.25) is 19.3 Å². The summed E-state index contributed by atoms with van der Waals surface area (Å²) in [5.41, 5.74) is -0.963. The summed E-state index contributed by atoms with van der Waals surface area (Å²) >= 11 is 0. The number of rotatable bonds is 5. The van der Waals surface area contributed by atoms with E-state index in [0.717, 1.165) is 24.2 Å². The Bertz CT molecular complexity index is 494. The monoisotopic (exact) mass is 306 g/mol. The van der Waals surface area contributed by atoms with Gasteiger partial charge in [0, 0.05) is 25.2 Å². The van der Waals surface area contributed by atoms with Gasteiger partial charge in [-0.05, 0) is 32.1 Å². The van der Waals surface area contributed by atoms with Crippen LogP contribution in [0, 0.1) is 0 Å². The SMILES string of the molecule is O=C(CC1(O)CCC=CCCC1)NCCN1C(=O)C=CC1=O. The van der Waals surface area contributed by atoms with E-state index >= 15 is 0 Å². The Hall–Kier alpha value is -1.95. The largest absolute Gasteiger partial charge is 0.389 e. The molecule has 2 aliphatic rings. The number of imide groups is 1. The predicted octanol–water partition coefficient (Wildman–Crippen LogP) is 0.669. The molecule has 0 saturated carbocycles. The van der Waals surface area contributed by atoms with Crippen LogP contribution in [-0.2, 0) is 14.4 Å². The molecule has 0 spiro atoms. The number of amides is 3. The van der Waals surface area contributed by atoms with Gasteiger partial charge >= 0.3 is 0 Å². The zero-order chi connectivity index (χ0) is 16.0. The summed E-state index contributed by atoms with van der Waals surface area (Å²) in [5.74, 6) is -0.964. The molecule has 2 N–H and O–H groups in total. The van der Waals surface area contributed by atoms with E-state index in [1.54, 1.807) is 0 Å². The third-order valence-corrected chi connectivity index (χ3v) is 4.00. The summed E-state index contributed by atoms with van der Waals surface area (Å²) in [7, 11) is 0. The Kier molecular flexibility index (Phi) is 5.49. The molecule has 0 fully saturated rings. The number of hydrogen-bond acceptors (Lipinski definition) is 4. The molecule has 3 amide bonds. The summed E-state index contributed by atoms with van der Waals surface area (Å²) in [6.45, 7) is 0.353. The maximum atomic E-state index is 12.0. The van der Waals surface area contributed by atoms with Gasteiger partial charge in [0.2, 0.25) is 5.91 Å². The van der Waals surface area contributed by atoms with Crippen LogP contribution in [0.5, 0.6) is 0 Å². The van der Waals surface area contributed by atoms with Crippen molar-refractivity contribution in [1.82, 2.24) is 10.2 Å². The minimum absolute atomic E-state index is 0.0565. The average molecular weight is 306 g/mol. The smallest absolute Gasteiger partial charge is 0.253 e. The van der Waals surface area contributed by atoms with E-state index in [0.29, 0.717) is 12.8 Å². The number of aliphatic hydroxyl groups is 1. The molecule has 0 bridgehead atoms. The quantitative estimate of drug-likeness (QED) is 0.577. The number of hydrogen-bond donors (Lipinski definition) is 2. The summed E-state index contributed by atoms with van der Waals surface area (Å²) in [6.07, 6.45) is 10.4. The van der Waals surface area contributed by atoms with E-state index < -0.39 is 5.60 Å². The molecule has 0 aromatic carbocycles. The topological polar surface area (TPSA) is 86.7 Å². The van der Waals surface area contributed by atoms with Gasteiger partial charge in [-0.1, -0.05) is 12.2 Å². The molecule has 1 atom stereocenters. The van der Waals surface area contributed by atoms with Gasteiger partial charge in [-0.15, -0.1) is 0 Å². The van der Waals surface area contributed by atoms with Crippen molar-refractivity contribution in [3.8, 4) is 0 Å². The molecule has 0 aromatic rings. The van der Waals surface area contributed by atoms with Crippen LogP contribution >= 0.6 is 0 Å². The van der Waals surface area contributed by atoms with Crippen LogP contribution in [0.4, 0.5) is 0 Å². The Balaban J connectivity index is 1.74. The van der Waals surface area contributed by atoms with Crippen molar-refractivity contribution in [3.63, 3.8) is 0 Å². The Morgan fingerprint density at radius 2 is 1.86 bits per heavy atom. The Morgan fingerprint density at radius 1 is 1.18 bits per heavy atom. The average Bonchev–Trinajstić information content (AvgIpc) is 2.75. The Morgan fingerprint density at radius 3 is 2.59 bits per heavy atom. The van der Waals surface area contributed by atoms with Crippen LogP contribution in [0.2, 0.25) is 0 Å². The molecule has 0 radical (unpaired) electrons. The zero-order valence-electron chi connectivity index (χ0n) is 12.6. The first-order chi connectivity index (χ1) is 10.5. The second-order valence-electron chi connectivity index (χ2n) is 5.81. The minimum Gasteiger partial charge on any atom is -0.389 e. The van der Waals surface area contributed by atoms with E-state index in [1.165, 1.54) is 12.2 Å². The van der Waals surface area contributed by atoms with E-state index in [9.17, 15) is 19.5 Å². The lowest BCUT2D eigenvalue weighted by Crippen LogP contribution is -2.41. The molecule has 1 heterocycles. The number of nitrogens with zero attached hydrogens (tertiary/aromatic N) is 1. The fourth-order valence-electron chi connectivity index (χ4n) is 2.76. The molecule has 2 rings (SSSR count). The van der Waals surface area contributed by atoms with Crippen LogP contribution in [0.25, 0.3) is 0 Å². The lowest BCUT2D eigenvalue weighted by Gasteiger charge is -2.28. The van der Waals surface area contributed by atoms with Crippen LogP contribution in [0.1, 0.15) is 38.5 Å². The molecular weight excluding hydrogens is 284 g/mol. The second kappa shape index (κ2) is 7.35. The highest BCUT2D eigenvalue weighted by Gasteiger charge is 2.29. The maximum absolute atomic E-state index is 12.0. The third kappa shape index (κ3) is 4.53. The fraction of sp³-hybridized carbons (Fsp3) is 0.562. The predicted molar refractivity (Wildman–Crippen MR) is 80.7 cm³/mol. The van der Waals surface area contributed by atoms with E-state index in [-0.39, 0.29) is 37.2 Å². The lowest BCUT2D eigenvalue weighted by atomic mass is 9.86. The van der Waals surface area contributed by atoms with Gasteiger partial charge in [-0.25, -0.2) is 0 Å². The zero-order valence-corrected chi connectivity index (χ0v) is 12.6. The molecule has 6 nitrogen and oxygen atoms in total. The van der Waals surface area contributed by atoms with Gasteiger partial charge in [0.1, 0.15) is 0 Å². The molecule has 1 unspecified atom stereocenters. The van der Waals surface area contributed by atoms with Crippen LogP contribution in [0.15, 0.2) is 24.3 Å². The first kappa shape index (κ1) is 16.4. The van der Waals surface area contributed by atoms with Gasteiger partial charge in [0.15, 0.2) is 0 Å². The number of nitrogens with one attached hydrogen (secondary N) is 1. The number of allylic oxidation sites excluding steroid dienone is 2. The van der Waals surface area contributed by atoms with Crippen LogP contribution in [-0.4, -0.2) is 46.4 Å². The van der Waals surface area contributed by atoms with Crippen molar-refractivity contribution in [2.75, 3.05) is 13.1 Å². The molecule has 6 heteroatoms. The lowest BCUT2D eigenvalue weighted by molar-refractivity contribution is -0.137. The van der Waals surface area contributed by atoms with Crippen molar-refractivity contribution in [2.24, 2.45) is 0 Å². The number of carbonyl (C=O) groups is 3. The van der Waals surface area contributed by atoms with E-state index in [1.807, 2.05) is 6.08 Å². The van der Waals surface area contributed by atoms with Crippen LogP contribution in [0.3, 0.4) is 0 Å². The van der Waals surface area contributed by atoms with Crippen molar-refractivity contribution < 1.29 is 19.5 Å². The molecule has 1 aliphatic carbocycles. The highest BCUT2D eigenvalue weighted by atomic mass is 16.3. The third-order valence-electron chi connectivity index (χ3n) is 4.00. The van der Waals surface area contributed by atoms with E-state index in [2.05, 4.69) is 11.4 Å². The Labute approximate surface area is 129 Å². The van der Waals surface area contributed by atoms with Crippen molar-refractivity contribution in [1.29, 1.82) is 0 Å². The summed E-state index contributed by atoms with van der Waals surface area (Å²) in [5, 5.41) is 13.2. The highest BCUT2D eigenvalue weighted by Crippen LogP contribution is 2.26. The maximum Gasteiger partial charge on any atom is 0.253 e. The molecule has 120 valence electrons. The second-order valence-corrected chi connectivity index (χ2v) is 5.81. The van der Waals surface area contributed by atoms with Crippen LogP contribution < -0.4 is 5.32 Å². The van der Waals surface area contributed by atoms with E-state index in [4.69, 9.17) is 0 Å². The first-order valence-electron chi connectivity index (χ1n) is 7.68. The standard InChI is InChI=1S/C16H22N2O4/c19-13(12-16(22)8-4-2-1-3-5-9-16)17-10-11-18-14(20)6-7-15(18)21/h1-2,6-7,22H,3-5,8-12H2,(H,17,19). The van der Waals surface area contributed by atoms with Crippen molar-refractivity contribution in [2.45, 2.75) is 44.1 Å². The molecule has 0 aromatic heterocycles. The van der Waals surface area contributed by atoms with Crippen molar-refractivity contribution >= 4 is 17.7 Å². The molecule has 22 heavy (non-hydrogen) atoms. The highest BCUT2D eigenvalue weighted by molar-refractivity contribution is 6.12. The summed E-state index contributed by atoms with van der Waals surface area (Å²) < 4.78 is 0. The summed E-state index contributed by atoms with van der Waals surface area (Å²) in [4.78, 5) is 35.8. The minimum atomic E-state index is -0.963. The van der Waals surface area contributed by atoms with Gasteiger partial charge in [-0.2, -0.15) is 0 Å². The molecule has 1 aliphatic heterocycles. The van der Waals surface area contributed by atoms with Crippen molar-refractivity contribution in [3.05, 3.63) is 24.3 Å². The van der Waals surface area contributed by atoms with Gasteiger partial charge < -0.3 is 10.4 Å². The fourth-order valence-corrected chi connectivity index (χ4v) is 2.76. The molecular formula is C16H22N2O4. The van der Waals surface area contributed by atoms with Gasteiger partial charge in [0.05, 0.1) is 12.0 Å². The first-order valence-corrected chi connectivity index (χ1v) is 7.68. The van der Waals surface area contributed by atoms with Gasteiger partial charge in [0.25, 0.3) is 11.8 Å². The summed E-state index contributed by atoms with van der Waals surface area (Å²) in [6, 6.07) is 0. The number of carbonyl (C=O) groups excluding carboxylic acids is 3. The normalized spacial score (nSPS) is 25.2. The molecule has 0 saturated heterocycles.